The molecule has 3 nitrogen and oxygen atoms in total. The van der Waals surface area contributed by atoms with Crippen molar-refractivity contribution in [1.82, 2.24) is 4.98 Å². The molecule has 1 aliphatic rings. The van der Waals surface area contributed by atoms with E-state index >= 15 is 0 Å². The summed E-state index contributed by atoms with van der Waals surface area (Å²) in [5.41, 5.74) is 6.37. The summed E-state index contributed by atoms with van der Waals surface area (Å²) in [6, 6.07) is 14.4. The van der Waals surface area contributed by atoms with Crippen molar-refractivity contribution < 1.29 is 4.79 Å². The molecule has 22 heavy (non-hydrogen) atoms. The highest BCUT2D eigenvalue weighted by molar-refractivity contribution is 7.13. The molecule has 0 spiro atoms. The molecule has 108 valence electrons. The van der Waals surface area contributed by atoms with E-state index in [2.05, 4.69) is 48.0 Å². The number of carbonyl (C=O) groups is 1. The first-order valence-corrected chi connectivity index (χ1v) is 8.03. The number of benzene rings is 2. The Morgan fingerprint density at radius 1 is 1.14 bits per heavy atom. The number of aryl methyl sites for hydroxylation is 1. The lowest BCUT2D eigenvalue weighted by Gasteiger charge is -2.01. The van der Waals surface area contributed by atoms with E-state index in [9.17, 15) is 4.79 Å². The van der Waals surface area contributed by atoms with Gasteiger partial charge in [0.25, 0.3) is 0 Å². The van der Waals surface area contributed by atoms with Crippen LogP contribution in [0, 0.1) is 6.92 Å². The van der Waals surface area contributed by atoms with Crippen molar-refractivity contribution in [1.29, 1.82) is 0 Å². The molecule has 1 aromatic heterocycles. The van der Waals surface area contributed by atoms with Gasteiger partial charge in [-0.15, -0.1) is 11.3 Å². The zero-order chi connectivity index (χ0) is 15.1. The van der Waals surface area contributed by atoms with Gasteiger partial charge < -0.3 is 5.32 Å². The Morgan fingerprint density at radius 3 is 2.91 bits per heavy atom. The first kappa shape index (κ1) is 13.2. The fourth-order valence-corrected chi connectivity index (χ4v) is 3.53. The number of aromatic nitrogens is 1. The Kier molecular flexibility index (Phi) is 3.05. The minimum atomic E-state index is 0.0610. The fourth-order valence-electron chi connectivity index (χ4n) is 2.71. The molecular formula is C18H14N2OS. The van der Waals surface area contributed by atoms with Gasteiger partial charge in [-0.3, -0.25) is 4.79 Å². The molecule has 1 aliphatic heterocycles. The molecule has 2 aromatic carbocycles. The zero-order valence-corrected chi connectivity index (χ0v) is 12.9. The van der Waals surface area contributed by atoms with Gasteiger partial charge in [0.1, 0.15) is 5.01 Å². The van der Waals surface area contributed by atoms with Crippen molar-refractivity contribution in [3.63, 3.8) is 0 Å². The van der Waals surface area contributed by atoms with Crippen LogP contribution < -0.4 is 5.32 Å². The Hall–Kier alpha value is -2.46. The van der Waals surface area contributed by atoms with Crippen LogP contribution in [0.2, 0.25) is 0 Å². The number of carbonyl (C=O) groups excluding carboxylic acids is 1. The summed E-state index contributed by atoms with van der Waals surface area (Å²) < 4.78 is 0. The Morgan fingerprint density at radius 2 is 2.05 bits per heavy atom. The van der Waals surface area contributed by atoms with Crippen LogP contribution in [0.1, 0.15) is 11.1 Å². The van der Waals surface area contributed by atoms with Crippen LogP contribution >= 0.6 is 11.3 Å². The number of nitrogens with one attached hydrogen (secondary N) is 1. The van der Waals surface area contributed by atoms with E-state index in [4.69, 9.17) is 4.98 Å². The van der Waals surface area contributed by atoms with E-state index in [1.807, 2.05) is 12.1 Å². The van der Waals surface area contributed by atoms with Crippen LogP contribution in [0.5, 0.6) is 0 Å². The highest BCUT2D eigenvalue weighted by Gasteiger charge is 2.18. The lowest BCUT2D eigenvalue weighted by molar-refractivity contribution is -0.115. The standard InChI is InChI=1S/C18H14N2OS/c1-11-3-2-4-13(7-11)18-20-16(10-22-18)12-5-6-15-14(8-12)9-17(21)19-15/h2-8,10H,9H2,1H3,(H,19,21). The van der Waals surface area contributed by atoms with Gasteiger partial charge in [0.15, 0.2) is 0 Å². The van der Waals surface area contributed by atoms with Crippen LogP contribution in [0.25, 0.3) is 21.8 Å². The number of anilines is 1. The number of rotatable bonds is 2. The van der Waals surface area contributed by atoms with Crippen molar-refractivity contribution in [2.24, 2.45) is 0 Å². The van der Waals surface area contributed by atoms with E-state index in [0.717, 1.165) is 33.1 Å². The minimum Gasteiger partial charge on any atom is -0.326 e. The van der Waals surface area contributed by atoms with Crippen LogP contribution in [-0.4, -0.2) is 10.9 Å². The molecule has 0 atom stereocenters. The third-order valence-electron chi connectivity index (χ3n) is 3.80. The van der Waals surface area contributed by atoms with Crippen LogP contribution in [0.15, 0.2) is 47.8 Å². The Balaban J connectivity index is 1.70. The Bertz CT molecular complexity index is 882. The third-order valence-corrected chi connectivity index (χ3v) is 4.69. The van der Waals surface area contributed by atoms with Gasteiger partial charge in [-0.2, -0.15) is 0 Å². The molecule has 0 bridgehead atoms. The average Bonchev–Trinajstić information content (AvgIpc) is 3.11. The van der Waals surface area contributed by atoms with Crippen molar-refractivity contribution >= 4 is 22.9 Å². The van der Waals surface area contributed by atoms with E-state index < -0.39 is 0 Å². The smallest absolute Gasteiger partial charge is 0.228 e. The first-order valence-electron chi connectivity index (χ1n) is 7.15. The lowest BCUT2D eigenvalue weighted by Crippen LogP contribution is -2.03. The molecule has 0 saturated heterocycles. The highest BCUT2D eigenvalue weighted by atomic mass is 32.1. The van der Waals surface area contributed by atoms with Crippen molar-refractivity contribution in [2.75, 3.05) is 5.32 Å². The molecule has 0 aliphatic carbocycles. The van der Waals surface area contributed by atoms with Crippen LogP contribution in [0.4, 0.5) is 5.69 Å². The second kappa shape index (κ2) is 5.07. The van der Waals surface area contributed by atoms with Gasteiger partial charge in [-0.25, -0.2) is 4.98 Å². The number of hydrogen-bond acceptors (Lipinski definition) is 3. The van der Waals surface area contributed by atoms with E-state index in [-0.39, 0.29) is 5.91 Å². The summed E-state index contributed by atoms with van der Waals surface area (Å²) in [6.45, 7) is 2.09. The van der Waals surface area contributed by atoms with Gasteiger partial charge >= 0.3 is 0 Å². The lowest BCUT2D eigenvalue weighted by atomic mass is 10.1. The number of nitrogens with zero attached hydrogens (tertiary/aromatic N) is 1. The van der Waals surface area contributed by atoms with E-state index in [1.165, 1.54) is 5.56 Å². The number of hydrogen-bond donors (Lipinski definition) is 1. The maximum atomic E-state index is 11.4. The van der Waals surface area contributed by atoms with Gasteiger partial charge in [0, 0.05) is 22.2 Å². The summed E-state index contributed by atoms with van der Waals surface area (Å²) in [7, 11) is 0. The second-order valence-corrected chi connectivity index (χ2v) is 6.36. The molecular weight excluding hydrogens is 292 g/mol. The van der Waals surface area contributed by atoms with Gasteiger partial charge in [0.2, 0.25) is 5.91 Å². The molecule has 1 N–H and O–H groups in total. The predicted octanol–water partition coefficient (Wildman–Crippen LogP) is 4.28. The van der Waals surface area contributed by atoms with Crippen molar-refractivity contribution in [2.45, 2.75) is 13.3 Å². The van der Waals surface area contributed by atoms with Gasteiger partial charge in [-0.05, 0) is 30.7 Å². The summed E-state index contributed by atoms with van der Waals surface area (Å²) in [5, 5.41) is 5.95. The second-order valence-electron chi connectivity index (χ2n) is 5.50. The summed E-state index contributed by atoms with van der Waals surface area (Å²) in [4.78, 5) is 16.2. The largest absolute Gasteiger partial charge is 0.326 e. The van der Waals surface area contributed by atoms with Crippen molar-refractivity contribution in [3.05, 3.63) is 59.0 Å². The molecule has 4 heteroatoms. The normalized spacial score (nSPS) is 13.0. The molecule has 0 unspecified atom stereocenters. The average molecular weight is 306 g/mol. The monoisotopic (exact) mass is 306 g/mol. The van der Waals surface area contributed by atoms with Gasteiger partial charge in [-0.1, -0.05) is 29.8 Å². The van der Waals surface area contributed by atoms with Crippen molar-refractivity contribution in [3.8, 4) is 21.8 Å². The number of thiazole rings is 1. The van der Waals surface area contributed by atoms with E-state index in [0.29, 0.717) is 6.42 Å². The third kappa shape index (κ3) is 2.31. The molecule has 4 rings (SSSR count). The molecule has 2 heterocycles. The molecule has 0 saturated carbocycles. The predicted molar refractivity (Wildman–Crippen MR) is 90.1 cm³/mol. The topological polar surface area (TPSA) is 42.0 Å². The van der Waals surface area contributed by atoms with Crippen LogP contribution in [0.3, 0.4) is 0 Å². The Labute approximate surface area is 132 Å². The fraction of sp³-hybridized carbons (Fsp3) is 0.111. The van der Waals surface area contributed by atoms with E-state index in [1.54, 1.807) is 11.3 Å². The first-order chi connectivity index (χ1) is 10.7. The highest BCUT2D eigenvalue weighted by Crippen LogP contribution is 2.32. The SMILES string of the molecule is Cc1cccc(-c2nc(-c3ccc4c(c3)CC(=O)N4)cs2)c1. The minimum absolute atomic E-state index is 0.0610. The van der Waals surface area contributed by atoms with Crippen LogP contribution in [-0.2, 0) is 11.2 Å². The zero-order valence-electron chi connectivity index (χ0n) is 12.1. The quantitative estimate of drug-likeness (QED) is 0.768. The summed E-state index contributed by atoms with van der Waals surface area (Å²) in [5.74, 6) is 0.0610. The van der Waals surface area contributed by atoms with Gasteiger partial charge in [0.05, 0.1) is 12.1 Å². The molecule has 0 fully saturated rings. The number of amides is 1. The molecule has 1 amide bonds. The summed E-state index contributed by atoms with van der Waals surface area (Å²) in [6.07, 6.45) is 0.456. The number of fused-ring (bicyclic) bond motifs is 1. The maximum absolute atomic E-state index is 11.4. The molecule has 3 aromatic rings. The maximum Gasteiger partial charge on any atom is 0.228 e. The summed E-state index contributed by atoms with van der Waals surface area (Å²) >= 11 is 1.65. The molecule has 0 radical (unpaired) electrons.